The van der Waals surface area contributed by atoms with Gasteiger partial charge in [0, 0.05) is 5.56 Å². The molecule has 0 saturated heterocycles. The Kier molecular flexibility index (Phi) is 4.54. The molecule has 0 bridgehead atoms. The number of furan rings is 1. The maximum absolute atomic E-state index is 10.3. The first kappa shape index (κ1) is 14.4. The van der Waals surface area contributed by atoms with Gasteiger partial charge in [-0.25, -0.2) is 0 Å². The maximum atomic E-state index is 10.3. The molecule has 0 aliphatic rings. The molecule has 102 valence electrons. The van der Waals surface area contributed by atoms with Gasteiger partial charge in [0.2, 0.25) is 0 Å². The number of benzene rings is 1. The summed E-state index contributed by atoms with van der Waals surface area (Å²) in [6, 6.07) is 6.92. The normalized spacial score (nSPS) is 12.3. The van der Waals surface area contributed by atoms with Crippen LogP contribution < -0.4 is 9.47 Å². The van der Waals surface area contributed by atoms with Gasteiger partial charge in [0.05, 0.1) is 14.2 Å². The van der Waals surface area contributed by atoms with E-state index in [1.165, 1.54) is 7.11 Å². The van der Waals surface area contributed by atoms with Crippen LogP contribution in [-0.2, 0) is 0 Å². The molecule has 19 heavy (non-hydrogen) atoms. The highest BCUT2D eigenvalue weighted by atomic mass is 79.9. The van der Waals surface area contributed by atoms with Gasteiger partial charge in [-0.15, -0.1) is 0 Å². The summed E-state index contributed by atoms with van der Waals surface area (Å²) in [5.74, 6) is 1.58. The van der Waals surface area contributed by atoms with Crippen LogP contribution in [-0.4, -0.2) is 19.3 Å². The molecule has 0 radical (unpaired) electrons. The molecule has 4 nitrogen and oxygen atoms in total. The van der Waals surface area contributed by atoms with Crippen LogP contribution in [0.1, 0.15) is 17.4 Å². The highest BCUT2D eigenvalue weighted by Crippen LogP contribution is 2.41. The molecule has 0 aliphatic heterocycles. The van der Waals surface area contributed by atoms with Gasteiger partial charge < -0.3 is 19.0 Å². The van der Waals surface area contributed by atoms with Crippen LogP contribution in [0.5, 0.6) is 11.5 Å². The molecular weight excluding hydrogens is 380 g/mol. The molecule has 0 spiro atoms. The SMILES string of the molecule is COc1ccc(C(O)c2ccc(Br)o2)c(OC)c1Br. The zero-order valence-electron chi connectivity index (χ0n) is 10.3. The minimum Gasteiger partial charge on any atom is -0.495 e. The van der Waals surface area contributed by atoms with Crippen molar-refractivity contribution in [1.82, 2.24) is 0 Å². The van der Waals surface area contributed by atoms with Gasteiger partial charge in [-0.1, -0.05) is 0 Å². The van der Waals surface area contributed by atoms with Crippen molar-refractivity contribution in [3.63, 3.8) is 0 Å². The fraction of sp³-hybridized carbons (Fsp3) is 0.231. The lowest BCUT2D eigenvalue weighted by atomic mass is 10.1. The average molecular weight is 392 g/mol. The zero-order valence-corrected chi connectivity index (χ0v) is 13.5. The minimum absolute atomic E-state index is 0.433. The fourth-order valence-electron chi connectivity index (χ4n) is 1.76. The molecule has 1 heterocycles. The molecule has 0 amide bonds. The minimum atomic E-state index is -0.913. The third-order valence-electron chi connectivity index (χ3n) is 2.67. The largest absolute Gasteiger partial charge is 0.495 e. The summed E-state index contributed by atoms with van der Waals surface area (Å²) in [5.41, 5.74) is 0.594. The Morgan fingerprint density at radius 1 is 1.11 bits per heavy atom. The molecule has 0 saturated carbocycles. The second-order valence-corrected chi connectivity index (χ2v) is 5.32. The fourth-order valence-corrected chi connectivity index (χ4v) is 2.77. The smallest absolute Gasteiger partial charge is 0.169 e. The van der Waals surface area contributed by atoms with Gasteiger partial charge in [0.1, 0.15) is 27.8 Å². The molecule has 6 heteroatoms. The molecule has 1 aromatic heterocycles. The van der Waals surface area contributed by atoms with Gasteiger partial charge in [0.15, 0.2) is 4.67 Å². The van der Waals surface area contributed by atoms with Gasteiger partial charge >= 0.3 is 0 Å². The summed E-state index contributed by atoms with van der Waals surface area (Å²) >= 11 is 6.61. The lowest BCUT2D eigenvalue weighted by Gasteiger charge is -2.16. The van der Waals surface area contributed by atoms with E-state index in [9.17, 15) is 5.11 Å². The summed E-state index contributed by atoms with van der Waals surface area (Å²) in [6.07, 6.45) is -0.913. The van der Waals surface area contributed by atoms with Crippen molar-refractivity contribution >= 4 is 31.9 Å². The summed E-state index contributed by atoms with van der Waals surface area (Å²) < 4.78 is 17.1. The third kappa shape index (κ3) is 2.80. The van der Waals surface area contributed by atoms with Crippen LogP contribution in [0, 0.1) is 0 Å². The number of rotatable bonds is 4. The standard InChI is InChI=1S/C13H12Br2O4/c1-17-8-4-3-7(13(18-2)11(8)15)12(16)9-5-6-10(14)19-9/h3-6,12,16H,1-2H3. The highest BCUT2D eigenvalue weighted by Gasteiger charge is 2.22. The van der Waals surface area contributed by atoms with E-state index in [0.29, 0.717) is 32.0 Å². The number of aliphatic hydroxyl groups is 1. The van der Waals surface area contributed by atoms with Gasteiger partial charge in [0.25, 0.3) is 0 Å². The quantitative estimate of drug-likeness (QED) is 0.858. The molecule has 1 atom stereocenters. The summed E-state index contributed by atoms with van der Waals surface area (Å²) in [6.45, 7) is 0. The van der Waals surface area contributed by atoms with Gasteiger partial charge in [-0.05, 0) is 56.1 Å². The van der Waals surface area contributed by atoms with Gasteiger partial charge in [-0.3, -0.25) is 0 Å². The molecule has 0 aliphatic carbocycles. The molecule has 2 aromatic rings. The van der Waals surface area contributed by atoms with Crippen molar-refractivity contribution in [3.05, 3.63) is 44.7 Å². The Morgan fingerprint density at radius 3 is 2.37 bits per heavy atom. The summed E-state index contributed by atoms with van der Waals surface area (Å²) in [4.78, 5) is 0. The van der Waals surface area contributed by atoms with E-state index in [2.05, 4.69) is 31.9 Å². The Morgan fingerprint density at radius 2 is 1.84 bits per heavy atom. The maximum Gasteiger partial charge on any atom is 0.169 e. The van der Waals surface area contributed by atoms with E-state index >= 15 is 0 Å². The lowest BCUT2D eigenvalue weighted by Crippen LogP contribution is -2.02. The van der Waals surface area contributed by atoms with Crippen molar-refractivity contribution in [3.8, 4) is 11.5 Å². The van der Waals surface area contributed by atoms with E-state index < -0.39 is 6.10 Å². The molecule has 1 N–H and O–H groups in total. The van der Waals surface area contributed by atoms with Crippen molar-refractivity contribution in [2.45, 2.75) is 6.10 Å². The Balaban J connectivity index is 2.47. The van der Waals surface area contributed by atoms with E-state index in [-0.39, 0.29) is 0 Å². The first-order valence-corrected chi connectivity index (χ1v) is 7.00. The van der Waals surface area contributed by atoms with Crippen LogP contribution in [0.4, 0.5) is 0 Å². The van der Waals surface area contributed by atoms with Crippen LogP contribution >= 0.6 is 31.9 Å². The van der Waals surface area contributed by atoms with Crippen LogP contribution in [0.15, 0.2) is 37.8 Å². The Labute approximate surface area is 127 Å². The summed E-state index contributed by atoms with van der Waals surface area (Å²) in [5, 5.41) is 10.3. The number of halogens is 2. The van der Waals surface area contributed by atoms with Crippen molar-refractivity contribution < 1.29 is 19.0 Å². The molecule has 2 rings (SSSR count). The Bertz CT molecular complexity index is 580. The van der Waals surface area contributed by atoms with E-state index in [1.807, 2.05) is 0 Å². The third-order valence-corrected chi connectivity index (χ3v) is 3.85. The lowest BCUT2D eigenvalue weighted by molar-refractivity contribution is 0.183. The van der Waals surface area contributed by atoms with Gasteiger partial charge in [-0.2, -0.15) is 0 Å². The van der Waals surface area contributed by atoms with E-state index in [1.54, 1.807) is 31.4 Å². The monoisotopic (exact) mass is 390 g/mol. The highest BCUT2D eigenvalue weighted by molar-refractivity contribution is 9.10. The number of methoxy groups -OCH3 is 2. The predicted molar refractivity (Wildman–Crippen MR) is 77.7 cm³/mol. The number of ether oxygens (including phenoxy) is 2. The second kappa shape index (κ2) is 5.98. The first-order chi connectivity index (χ1) is 9.08. The first-order valence-electron chi connectivity index (χ1n) is 5.42. The molecule has 1 unspecified atom stereocenters. The second-order valence-electron chi connectivity index (χ2n) is 3.75. The van der Waals surface area contributed by atoms with E-state index in [4.69, 9.17) is 13.9 Å². The average Bonchev–Trinajstić information content (AvgIpc) is 2.84. The molecule has 1 aromatic carbocycles. The number of hydrogen-bond acceptors (Lipinski definition) is 4. The topological polar surface area (TPSA) is 51.8 Å². The Hall–Kier alpha value is -0.980. The number of aliphatic hydroxyl groups excluding tert-OH is 1. The molecular formula is C13H12Br2O4. The zero-order chi connectivity index (χ0) is 14.0. The van der Waals surface area contributed by atoms with Crippen LogP contribution in [0.25, 0.3) is 0 Å². The van der Waals surface area contributed by atoms with Crippen LogP contribution in [0.2, 0.25) is 0 Å². The summed E-state index contributed by atoms with van der Waals surface area (Å²) in [7, 11) is 3.10. The van der Waals surface area contributed by atoms with E-state index in [0.717, 1.165) is 0 Å². The molecule has 0 fully saturated rings. The van der Waals surface area contributed by atoms with Crippen molar-refractivity contribution in [2.24, 2.45) is 0 Å². The number of hydrogen-bond donors (Lipinski definition) is 1. The van der Waals surface area contributed by atoms with Crippen molar-refractivity contribution in [2.75, 3.05) is 14.2 Å². The van der Waals surface area contributed by atoms with Crippen LogP contribution in [0.3, 0.4) is 0 Å². The predicted octanol–water partition coefficient (Wildman–Crippen LogP) is 3.90. The van der Waals surface area contributed by atoms with Crippen molar-refractivity contribution in [1.29, 1.82) is 0 Å².